The minimum atomic E-state index is -0.0344. The van der Waals surface area contributed by atoms with E-state index in [4.69, 9.17) is 14.7 Å². The third kappa shape index (κ3) is 9.48. The molecular formula is C68H55BrN6O2. The van der Waals surface area contributed by atoms with E-state index in [1.54, 1.807) is 12.1 Å². The number of hydrogen-bond acceptors (Lipinski definition) is 6. The van der Waals surface area contributed by atoms with E-state index < -0.39 is 0 Å². The number of aromatic hydroxyl groups is 1. The van der Waals surface area contributed by atoms with Gasteiger partial charge in [0, 0.05) is 49.5 Å². The summed E-state index contributed by atoms with van der Waals surface area (Å²) in [6, 6.07) is 70.0. The van der Waals surface area contributed by atoms with Crippen molar-refractivity contribution in [2.45, 2.75) is 52.4 Å². The molecule has 0 bridgehead atoms. The maximum absolute atomic E-state index is 9.90. The highest BCUT2D eigenvalue weighted by molar-refractivity contribution is 9.10. The van der Waals surface area contributed by atoms with Crippen molar-refractivity contribution in [1.29, 1.82) is 0 Å². The van der Waals surface area contributed by atoms with Crippen LogP contribution in [0.4, 0.5) is 0 Å². The Hall–Kier alpha value is -8.92. The third-order valence-electron chi connectivity index (χ3n) is 14.2. The lowest BCUT2D eigenvalue weighted by molar-refractivity contribution is 0.476. The van der Waals surface area contributed by atoms with Gasteiger partial charge in [0.05, 0.1) is 44.5 Å². The molecular weight excluding hydrogens is 1010 g/mol. The van der Waals surface area contributed by atoms with Crippen molar-refractivity contribution >= 4 is 92.6 Å². The summed E-state index contributed by atoms with van der Waals surface area (Å²) in [5, 5.41) is 16.6. The fourth-order valence-corrected chi connectivity index (χ4v) is 10.8. The van der Waals surface area contributed by atoms with Gasteiger partial charge in [-0.15, -0.1) is 0 Å². The van der Waals surface area contributed by atoms with Crippen molar-refractivity contribution in [3.63, 3.8) is 0 Å². The first-order chi connectivity index (χ1) is 37.2. The molecule has 376 valence electrons. The smallest absolute Gasteiger partial charge is 0.146 e. The first kappa shape index (κ1) is 49.0. The van der Waals surface area contributed by atoms with Crippen LogP contribution in [-0.2, 0) is 10.8 Å². The average molecular weight is 1070 g/mol. The topological polar surface area (TPSA) is 89.8 Å². The van der Waals surface area contributed by atoms with Crippen molar-refractivity contribution in [2.75, 3.05) is 0 Å². The number of benzene rings is 8. The quantitative estimate of drug-likeness (QED) is 0.177. The van der Waals surface area contributed by atoms with Crippen LogP contribution in [0.1, 0.15) is 52.7 Å². The minimum Gasteiger partial charge on any atom is -0.508 e. The van der Waals surface area contributed by atoms with Gasteiger partial charge in [0.1, 0.15) is 28.5 Å². The highest BCUT2D eigenvalue weighted by Gasteiger charge is 2.20. The summed E-state index contributed by atoms with van der Waals surface area (Å²) in [5.41, 5.74) is 15.0. The first-order valence-corrected chi connectivity index (χ1v) is 26.6. The molecule has 0 aliphatic heterocycles. The van der Waals surface area contributed by atoms with Crippen molar-refractivity contribution in [3.8, 4) is 39.8 Å². The van der Waals surface area contributed by atoms with Gasteiger partial charge in [0.2, 0.25) is 0 Å². The second-order valence-corrected chi connectivity index (χ2v) is 22.4. The molecule has 0 saturated carbocycles. The number of phenols is 1. The van der Waals surface area contributed by atoms with Gasteiger partial charge < -0.3 is 9.84 Å². The van der Waals surface area contributed by atoms with Crippen LogP contribution in [-0.4, -0.2) is 33.8 Å². The Morgan fingerprint density at radius 3 is 1.40 bits per heavy atom. The van der Waals surface area contributed by atoms with E-state index in [0.29, 0.717) is 0 Å². The summed E-state index contributed by atoms with van der Waals surface area (Å²) < 4.78 is 12.1. The van der Waals surface area contributed by atoms with Gasteiger partial charge in [-0.3, -0.25) is 18.8 Å². The molecule has 0 spiro atoms. The third-order valence-corrected chi connectivity index (χ3v) is 14.6. The summed E-state index contributed by atoms with van der Waals surface area (Å²) in [7, 11) is 0. The minimum absolute atomic E-state index is 0.0344. The Balaban J connectivity index is 0.000000129. The van der Waals surface area contributed by atoms with Crippen LogP contribution in [0.5, 0.6) is 17.2 Å². The fourth-order valence-electron chi connectivity index (χ4n) is 10.3. The van der Waals surface area contributed by atoms with E-state index in [0.717, 1.165) is 110 Å². The van der Waals surface area contributed by atoms with E-state index in [2.05, 4.69) is 192 Å². The van der Waals surface area contributed by atoms with Crippen molar-refractivity contribution in [1.82, 2.24) is 28.7 Å². The molecule has 8 aromatic carbocycles. The second-order valence-electron chi connectivity index (χ2n) is 21.5. The van der Waals surface area contributed by atoms with Crippen molar-refractivity contribution < 1.29 is 9.84 Å². The van der Waals surface area contributed by atoms with Crippen LogP contribution in [0.2, 0.25) is 0 Å². The zero-order valence-electron chi connectivity index (χ0n) is 43.7. The molecule has 14 rings (SSSR count). The van der Waals surface area contributed by atoms with Crippen molar-refractivity contribution in [2.24, 2.45) is 0 Å². The molecule has 6 heterocycles. The molecule has 0 radical (unpaired) electrons. The molecule has 0 saturated heterocycles. The van der Waals surface area contributed by atoms with Gasteiger partial charge in [-0.25, -0.2) is 9.97 Å². The first-order valence-electron chi connectivity index (χ1n) is 25.8. The number of para-hydroxylation sites is 6. The van der Waals surface area contributed by atoms with E-state index in [1.165, 1.54) is 16.5 Å². The van der Waals surface area contributed by atoms with E-state index in [-0.39, 0.29) is 16.6 Å². The van der Waals surface area contributed by atoms with E-state index in [9.17, 15) is 5.11 Å². The highest BCUT2D eigenvalue weighted by atomic mass is 79.9. The summed E-state index contributed by atoms with van der Waals surface area (Å²) in [6.45, 7) is 13.3. The van der Waals surface area contributed by atoms with E-state index in [1.807, 2.05) is 91.3 Å². The van der Waals surface area contributed by atoms with Crippen LogP contribution in [0.25, 0.3) is 99.2 Å². The number of nitrogens with zero attached hydrogens (tertiary/aromatic N) is 6. The molecule has 14 aromatic rings. The monoisotopic (exact) mass is 1070 g/mol. The van der Waals surface area contributed by atoms with Gasteiger partial charge >= 0.3 is 0 Å². The standard InChI is InChI=1S/C34H27N3O.C19H12N2O.C15H16BrN/c1-34(2,3)23-18-22(29-11-8-9-17-35-29)19-25(20-23)38-24-15-16-26-27-10-4-6-13-31(27)37-32-14-7-5-12-30(32)36-33(37)28(26)21-24;22-12-9-10-13-14-5-1-3-7-17(14)21-18-8-4-2-6-16(18)20-19(21)15(13)11-12;1-15(2,3)12-8-11(9-13(16)10-12)14-6-4-5-7-17-14/h4-21H,1-3H3;1-11,22H;4-10H,1-3H3. The normalized spacial score (nSPS) is 11.9. The summed E-state index contributed by atoms with van der Waals surface area (Å²) in [5.74, 6) is 1.83. The lowest BCUT2D eigenvalue weighted by atomic mass is 9.85. The summed E-state index contributed by atoms with van der Waals surface area (Å²) >= 11 is 3.57. The number of rotatable bonds is 4. The fraction of sp³-hybridized carbons (Fsp3) is 0.118. The Kier molecular flexibility index (Phi) is 12.5. The van der Waals surface area contributed by atoms with Crippen LogP contribution < -0.4 is 4.74 Å². The van der Waals surface area contributed by atoms with Crippen LogP contribution in [0.3, 0.4) is 0 Å². The van der Waals surface area contributed by atoms with Crippen LogP contribution in [0.15, 0.2) is 223 Å². The Labute approximate surface area is 455 Å². The molecule has 0 aliphatic rings. The zero-order valence-corrected chi connectivity index (χ0v) is 45.3. The number of fused-ring (bicyclic) bond motifs is 16. The molecule has 0 fully saturated rings. The lowest BCUT2D eigenvalue weighted by Crippen LogP contribution is -2.11. The molecule has 0 aliphatic carbocycles. The second kappa shape index (κ2) is 19.7. The number of hydrogen-bond donors (Lipinski definition) is 1. The number of ether oxygens (including phenoxy) is 1. The molecule has 6 aromatic heterocycles. The summed E-state index contributed by atoms with van der Waals surface area (Å²) in [6.07, 6.45) is 3.65. The molecule has 9 heteroatoms. The molecule has 77 heavy (non-hydrogen) atoms. The predicted octanol–water partition coefficient (Wildman–Crippen LogP) is 18.3. The molecule has 8 nitrogen and oxygen atoms in total. The molecule has 1 N–H and O–H groups in total. The number of halogens is 1. The van der Waals surface area contributed by atoms with Gasteiger partial charge in [-0.05, 0) is 166 Å². The predicted molar refractivity (Wildman–Crippen MR) is 322 cm³/mol. The number of phenolic OH excluding ortho intramolecular Hbond substituents is 1. The largest absolute Gasteiger partial charge is 0.508 e. The van der Waals surface area contributed by atoms with Gasteiger partial charge in [-0.1, -0.05) is 130 Å². The number of imidazole rings is 2. The van der Waals surface area contributed by atoms with Crippen molar-refractivity contribution in [3.05, 3.63) is 234 Å². The molecule has 0 amide bonds. The highest BCUT2D eigenvalue weighted by Crippen LogP contribution is 2.39. The number of aromatic nitrogens is 6. The Morgan fingerprint density at radius 1 is 0.403 bits per heavy atom. The Bertz CT molecular complexity index is 4540. The summed E-state index contributed by atoms with van der Waals surface area (Å²) in [4.78, 5) is 18.8. The maximum Gasteiger partial charge on any atom is 0.146 e. The van der Waals surface area contributed by atoms with Gasteiger partial charge in [-0.2, -0.15) is 0 Å². The molecule has 0 unspecified atom stereocenters. The molecule has 0 atom stereocenters. The zero-order chi connectivity index (χ0) is 53.0. The maximum atomic E-state index is 9.90. The van der Waals surface area contributed by atoms with Gasteiger partial charge in [0.15, 0.2) is 0 Å². The van der Waals surface area contributed by atoms with E-state index >= 15 is 0 Å². The SMILES string of the molecule is CC(C)(C)c1cc(Br)cc(-c2ccccn2)c1.CC(C)(C)c1cc(Oc2ccc3c4ccccc4n4c5ccccc5nc4c3c2)cc(-c2ccccn2)c1.Oc1ccc2c3ccccc3n3c4ccccc4nc3c2c1. The van der Waals surface area contributed by atoms with Crippen LogP contribution in [0, 0.1) is 0 Å². The van der Waals surface area contributed by atoms with Gasteiger partial charge in [0.25, 0.3) is 0 Å². The number of pyridine rings is 4. The van der Waals surface area contributed by atoms with Crippen LogP contribution >= 0.6 is 15.9 Å². The Morgan fingerprint density at radius 2 is 0.870 bits per heavy atom. The lowest BCUT2D eigenvalue weighted by Gasteiger charge is -2.21. The average Bonchev–Trinajstić information content (AvgIpc) is 4.25.